The average molecular weight is 635 g/mol. The molecule has 11 nitrogen and oxygen atoms in total. The normalized spacial score (nSPS) is 14.9. The van der Waals surface area contributed by atoms with Gasteiger partial charge in [0, 0.05) is 13.1 Å². The highest BCUT2D eigenvalue weighted by Crippen LogP contribution is 2.32. The SMILES string of the molecule is [C-]#[N+]c1ccc(-n2nccc2-c2c(C)n(-c3cccc(C(F)(F)F)c3)c(=O)n2C(=O)N[C@@H](C)C(=O)N(C)C2CCN(C)CC2)cc1. The number of amides is 2. The number of imidazole rings is 1. The van der Waals surface area contributed by atoms with Crippen LogP contribution in [-0.2, 0) is 11.0 Å². The van der Waals surface area contributed by atoms with Crippen LogP contribution in [0, 0.1) is 13.5 Å². The largest absolute Gasteiger partial charge is 0.416 e. The maximum atomic E-state index is 14.0. The number of likely N-dealkylation sites (N-methyl/N-ethyl adjacent to an activating group) is 1. The molecule has 3 heterocycles. The smallest absolute Gasteiger partial charge is 0.341 e. The van der Waals surface area contributed by atoms with E-state index in [4.69, 9.17) is 6.57 Å². The summed E-state index contributed by atoms with van der Waals surface area (Å²) < 4.78 is 44.2. The Labute approximate surface area is 263 Å². The van der Waals surface area contributed by atoms with E-state index in [2.05, 4.69) is 20.2 Å². The Kier molecular flexibility index (Phi) is 8.89. The summed E-state index contributed by atoms with van der Waals surface area (Å²) in [6.07, 6.45) is -1.65. The molecule has 5 rings (SSSR count). The molecule has 0 unspecified atom stereocenters. The van der Waals surface area contributed by atoms with Crippen molar-refractivity contribution in [2.45, 2.75) is 44.9 Å². The second-order valence-electron chi connectivity index (χ2n) is 11.3. The van der Waals surface area contributed by atoms with Crippen LogP contribution < -0.4 is 11.0 Å². The van der Waals surface area contributed by atoms with E-state index in [1.165, 1.54) is 36.9 Å². The fraction of sp³-hybridized carbons (Fsp3) is 0.344. The van der Waals surface area contributed by atoms with Gasteiger partial charge < -0.3 is 15.1 Å². The standard InChI is InChI=1S/C32H33F3N8O3/c1-20(29(44)40(5)24-14-17-39(4)18-15-24)38-30(45)42-28(27-13-16-37-43(27)25-11-9-23(36-3)10-12-25)21(2)41(31(42)46)26-8-6-7-22(19-26)32(33,34)35/h6-13,16,19-20,24H,14-15,17-18H2,1-2,4-5H3,(H,38,45)/t20-/m0/s1. The molecule has 1 saturated heterocycles. The lowest BCUT2D eigenvalue weighted by Gasteiger charge is -2.36. The first-order chi connectivity index (χ1) is 21.8. The van der Waals surface area contributed by atoms with Crippen LogP contribution in [0.15, 0.2) is 65.6 Å². The number of hydrogen-bond donors (Lipinski definition) is 1. The summed E-state index contributed by atoms with van der Waals surface area (Å²) >= 11 is 0. The minimum absolute atomic E-state index is 0.00540. The molecule has 1 aliphatic rings. The summed E-state index contributed by atoms with van der Waals surface area (Å²) in [6.45, 7) is 11.9. The highest BCUT2D eigenvalue weighted by atomic mass is 19.4. The Balaban J connectivity index is 1.59. The van der Waals surface area contributed by atoms with E-state index >= 15 is 0 Å². The molecule has 1 aliphatic heterocycles. The minimum Gasteiger partial charge on any atom is -0.341 e. The lowest BCUT2D eigenvalue weighted by Crippen LogP contribution is -2.52. The Morgan fingerprint density at radius 3 is 2.39 bits per heavy atom. The summed E-state index contributed by atoms with van der Waals surface area (Å²) in [4.78, 5) is 48.5. The van der Waals surface area contributed by atoms with E-state index in [-0.39, 0.29) is 34.7 Å². The summed E-state index contributed by atoms with van der Waals surface area (Å²) in [5.74, 6) is -0.337. The van der Waals surface area contributed by atoms with Crippen LogP contribution in [0.2, 0.25) is 0 Å². The number of benzene rings is 2. The molecule has 2 aromatic carbocycles. The fourth-order valence-corrected chi connectivity index (χ4v) is 5.76. The molecule has 2 aromatic heterocycles. The summed E-state index contributed by atoms with van der Waals surface area (Å²) in [7, 11) is 3.70. The van der Waals surface area contributed by atoms with Crippen molar-refractivity contribution in [2.24, 2.45) is 0 Å². The quantitative estimate of drug-likeness (QED) is 0.305. The number of carbonyl (C=O) groups excluding carboxylic acids is 2. The van der Waals surface area contributed by atoms with E-state index in [0.717, 1.165) is 47.2 Å². The first-order valence-electron chi connectivity index (χ1n) is 14.6. The molecule has 1 N–H and O–H groups in total. The topological polar surface area (TPSA) is 102 Å². The van der Waals surface area contributed by atoms with Gasteiger partial charge in [0.2, 0.25) is 5.91 Å². The van der Waals surface area contributed by atoms with Gasteiger partial charge in [-0.25, -0.2) is 23.7 Å². The van der Waals surface area contributed by atoms with E-state index < -0.39 is 29.5 Å². The molecule has 0 saturated carbocycles. The first-order valence-corrected chi connectivity index (χ1v) is 14.6. The number of hydrogen-bond acceptors (Lipinski definition) is 5. The van der Waals surface area contributed by atoms with Crippen molar-refractivity contribution in [3.63, 3.8) is 0 Å². The third-order valence-electron chi connectivity index (χ3n) is 8.32. The van der Waals surface area contributed by atoms with Crippen molar-refractivity contribution in [1.29, 1.82) is 0 Å². The molecule has 1 atom stereocenters. The highest BCUT2D eigenvalue weighted by Gasteiger charge is 2.33. The maximum absolute atomic E-state index is 14.0. The number of carbonyl (C=O) groups is 2. The van der Waals surface area contributed by atoms with Crippen molar-refractivity contribution >= 4 is 17.6 Å². The van der Waals surface area contributed by atoms with Crippen LogP contribution in [0.4, 0.5) is 23.7 Å². The van der Waals surface area contributed by atoms with E-state index in [1.54, 1.807) is 42.3 Å². The third-order valence-corrected chi connectivity index (χ3v) is 8.32. The van der Waals surface area contributed by atoms with Crippen molar-refractivity contribution < 1.29 is 22.8 Å². The molecule has 1 fully saturated rings. The van der Waals surface area contributed by atoms with Crippen molar-refractivity contribution in [3.8, 4) is 22.8 Å². The maximum Gasteiger partial charge on any atom is 0.416 e. The van der Waals surface area contributed by atoms with Gasteiger partial charge in [0.05, 0.1) is 41.1 Å². The molecule has 46 heavy (non-hydrogen) atoms. The van der Waals surface area contributed by atoms with Crippen LogP contribution in [0.3, 0.4) is 0 Å². The van der Waals surface area contributed by atoms with Gasteiger partial charge in [0.25, 0.3) is 0 Å². The molecule has 0 radical (unpaired) electrons. The van der Waals surface area contributed by atoms with Crippen LogP contribution in [0.5, 0.6) is 0 Å². The van der Waals surface area contributed by atoms with Crippen molar-refractivity contribution in [3.05, 3.63) is 94.0 Å². The average Bonchev–Trinajstić information content (AvgIpc) is 3.61. The Hall–Kier alpha value is -5.16. The van der Waals surface area contributed by atoms with Crippen molar-refractivity contribution in [2.75, 3.05) is 27.2 Å². The molecule has 4 aromatic rings. The highest BCUT2D eigenvalue weighted by molar-refractivity contribution is 5.89. The van der Waals surface area contributed by atoms with Crippen molar-refractivity contribution in [1.82, 2.24) is 34.0 Å². The second-order valence-corrected chi connectivity index (χ2v) is 11.3. The van der Waals surface area contributed by atoms with E-state index in [9.17, 15) is 27.6 Å². The van der Waals surface area contributed by atoms with Crippen LogP contribution in [0.1, 0.15) is 31.0 Å². The number of rotatable bonds is 6. The van der Waals surface area contributed by atoms with Gasteiger partial charge in [0.15, 0.2) is 5.69 Å². The van der Waals surface area contributed by atoms with Gasteiger partial charge >= 0.3 is 17.9 Å². The number of aromatic nitrogens is 4. The third kappa shape index (κ3) is 6.18. The Morgan fingerprint density at radius 2 is 1.76 bits per heavy atom. The Bertz CT molecular complexity index is 1860. The number of nitrogens with zero attached hydrogens (tertiary/aromatic N) is 7. The van der Waals surface area contributed by atoms with Crippen LogP contribution in [0.25, 0.3) is 27.6 Å². The van der Waals surface area contributed by atoms with Crippen LogP contribution >= 0.6 is 0 Å². The predicted octanol–water partition coefficient (Wildman–Crippen LogP) is 4.87. The lowest BCUT2D eigenvalue weighted by molar-refractivity contribution is -0.137. The summed E-state index contributed by atoms with van der Waals surface area (Å²) in [6, 6.07) is 10.3. The Morgan fingerprint density at radius 1 is 1.09 bits per heavy atom. The molecule has 0 aliphatic carbocycles. The lowest BCUT2D eigenvalue weighted by atomic mass is 10.0. The first kappa shape index (κ1) is 32.2. The van der Waals surface area contributed by atoms with E-state index in [0.29, 0.717) is 11.4 Å². The zero-order chi connectivity index (χ0) is 33.3. The molecular formula is C32H33F3N8O3. The fourth-order valence-electron chi connectivity index (χ4n) is 5.76. The van der Waals surface area contributed by atoms with Gasteiger partial charge in [0.1, 0.15) is 11.7 Å². The van der Waals surface area contributed by atoms with Gasteiger partial charge in [-0.3, -0.25) is 9.36 Å². The van der Waals surface area contributed by atoms with Crippen LogP contribution in [-0.4, -0.2) is 79.9 Å². The number of halogens is 3. The van der Waals surface area contributed by atoms with E-state index in [1.807, 2.05) is 7.05 Å². The predicted molar refractivity (Wildman–Crippen MR) is 165 cm³/mol. The molecule has 0 bridgehead atoms. The zero-order valence-electron chi connectivity index (χ0n) is 25.7. The molecular weight excluding hydrogens is 601 g/mol. The van der Waals surface area contributed by atoms with Gasteiger partial charge in [-0.15, -0.1) is 0 Å². The number of nitrogens with one attached hydrogen (secondary N) is 1. The van der Waals surface area contributed by atoms with Gasteiger partial charge in [-0.2, -0.15) is 18.3 Å². The monoisotopic (exact) mass is 634 g/mol. The molecule has 14 heteroatoms. The molecule has 0 spiro atoms. The summed E-state index contributed by atoms with van der Waals surface area (Å²) in [5.41, 5.74) is -0.556. The molecule has 2 amide bonds. The zero-order valence-corrected chi connectivity index (χ0v) is 25.7. The molecule has 240 valence electrons. The van der Waals surface area contributed by atoms with Gasteiger partial charge in [-0.1, -0.05) is 18.2 Å². The number of alkyl halides is 3. The van der Waals surface area contributed by atoms with Gasteiger partial charge in [-0.05, 0) is 83.2 Å². The number of piperidine rings is 1. The minimum atomic E-state index is -4.66. The number of likely N-dealkylation sites (tertiary alicyclic amines) is 1. The summed E-state index contributed by atoms with van der Waals surface area (Å²) in [5, 5.41) is 6.99. The second kappa shape index (κ2) is 12.7.